The fourth-order valence-electron chi connectivity index (χ4n) is 4.47. The molecule has 8 heteroatoms. The molecule has 1 aromatic heterocycles. The van der Waals surface area contributed by atoms with Crippen LogP contribution >= 0.6 is 11.6 Å². The van der Waals surface area contributed by atoms with E-state index in [0.29, 0.717) is 36.8 Å². The van der Waals surface area contributed by atoms with Gasteiger partial charge in [-0.25, -0.2) is 0 Å². The first-order valence-corrected chi connectivity index (χ1v) is 13.6. The summed E-state index contributed by atoms with van der Waals surface area (Å²) in [5.74, 6) is -0.160. The summed E-state index contributed by atoms with van der Waals surface area (Å²) >= 11 is 5.88. The van der Waals surface area contributed by atoms with Crippen molar-refractivity contribution in [1.82, 2.24) is 4.57 Å². The number of fused-ring (bicyclic) bond motifs is 1. The number of ether oxygens (including phenoxy) is 2. The number of nitrogens with zero attached hydrogens (tertiary/aromatic N) is 1. The zero-order valence-electron chi connectivity index (χ0n) is 22.1. The predicted octanol–water partition coefficient (Wildman–Crippen LogP) is 7.20. The third kappa shape index (κ3) is 8.38. The fourth-order valence-corrected chi connectivity index (χ4v) is 4.59. The van der Waals surface area contributed by atoms with Gasteiger partial charge >= 0.3 is 11.9 Å². The molecule has 3 aromatic carbocycles. The van der Waals surface area contributed by atoms with E-state index in [4.69, 9.17) is 26.2 Å². The molecule has 0 aliphatic carbocycles. The quantitative estimate of drug-likeness (QED) is 0.118. The van der Waals surface area contributed by atoms with Crippen molar-refractivity contribution in [3.05, 3.63) is 94.6 Å². The Labute approximate surface area is 238 Å². The molecular weight excluding hydrogens is 530 g/mol. The second-order valence-electron chi connectivity index (χ2n) is 9.42. The zero-order chi connectivity index (χ0) is 28.3. The number of unbranched alkanes of at least 4 members (excludes halogenated alkanes) is 1. The normalized spacial score (nSPS) is 11.2. The van der Waals surface area contributed by atoms with Gasteiger partial charge in [0.2, 0.25) is 0 Å². The Bertz CT molecular complexity index is 1460. The van der Waals surface area contributed by atoms with Crippen LogP contribution in [0.4, 0.5) is 0 Å². The highest BCUT2D eigenvalue weighted by Crippen LogP contribution is 2.28. The van der Waals surface area contributed by atoms with Crippen LogP contribution in [-0.2, 0) is 22.6 Å². The van der Waals surface area contributed by atoms with Crippen molar-refractivity contribution in [2.75, 3.05) is 13.2 Å². The Hall–Kier alpha value is -4.23. The van der Waals surface area contributed by atoms with Crippen LogP contribution in [0.2, 0.25) is 5.02 Å². The Morgan fingerprint density at radius 3 is 2.08 bits per heavy atom. The van der Waals surface area contributed by atoms with Crippen LogP contribution < -0.4 is 9.47 Å². The minimum atomic E-state index is -0.909. The van der Waals surface area contributed by atoms with Crippen molar-refractivity contribution in [3.8, 4) is 11.5 Å². The minimum Gasteiger partial charge on any atom is -0.494 e. The molecule has 0 saturated heterocycles. The average molecular weight is 562 g/mol. The third-order valence-corrected chi connectivity index (χ3v) is 6.63. The summed E-state index contributed by atoms with van der Waals surface area (Å²) < 4.78 is 13.5. The molecule has 4 rings (SSSR count). The highest BCUT2D eigenvalue weighted by molar-refractivity contribution is 6.30. The first kappa shape index (κ1) is 28.8. The lowest BCUT2D eigenvalue weighted by Gasteiger charge is -2.08. The maximum atomic E-state index is 11.5. The van der Waals surface area contributed by atoms with Crippen LogP contribution in [0.1, 0.15) is 42.4 Å². The van der Waals surface area contributed by atoms with Crippen molar-refractivity contribution in [2.45, 2.75) is 38.6 Å². The van der Waals surface area contributed by atoms with Crippen LogP contribution in [0, 0.1) is 0 Å². The number of aryl methyl sites for hydroxylation is 1. The molecule has 2 N–H and O–H groups in total. The number of benzene rings is 3. The van der Waals surface area contributed by atoms with Gasteiger partial charge in [0.1, 0.15) is 11.5 Å². The summed E-state index contributed by atoms with van der Waals surface area (Å²) in [5.41, 5.74) is 3.50. The van der Waals surface area contributed by atoms with E-state index in [1.807, 2.05) is 77.5 Å². The molecular formula is C32H32ClNO6. The van der Waals surface area contributed by atoms with Crippen molar-refractivity contribution in [1.29, 1.82) is 0 Å². The van der Waals surface area contributed by atoms with Gasteiger partial charge < -0.3 is 24.3 Å². The van der Waals surface area contributed by atoms with E-state index >= 15 is 0 Å². The zero-order valence-corrected chi connectivity index (χ0v) is 22.8. The maximum Gasteiger partial charge on any atom is 0.307 e. The van der Waals surface area contributed by atoms with Crippen molar-refractivity contribution >= 4 is 46.6 Å². The lowest BCUT2D eigenvalue weighted by Crippen LogP contribution is -2.02. The van der Waals surface area contributed by atoms with E-state index in [-0.39, 0.29) is 12.8 Å². The van der Waals surface area contributed by atoms with Crippen molar-refractivity contribution in [2.24, 2.45) is 0 Å². The van der Waals surface area contributed by atoms with E-state index in [0.717, 1.165) is 46.4 Å². The van der Waals surface area contributed by atoms with E-state index in [9.17, 15) is 14.7 Å². The highest BCUT2D eigenvalue weighted by Gasteiger charge is 2.14. The molecule has 0 spiro atoms. The van der Waals surface area contributed by atoms with Gasteiger partial charge in [-0.3, -0.25) is 9.59 Å². The number of aromatic nitrogens is 1. The smallest absolute Gasteiger partial charge is 0.307 e. The van der Waals surface area contributed by atoms with E-state index in [2.05, 4.69) is 0 Å². The Morgan fingerprint density at radius 1 is 0.800 bits per heavy atom. The summed E-state index contributed by atoms with van der Waals surface area (Å²) in [5, 5.41) is 20.0. The molecule has 40 heavy (non-hydrogen) atoms. The first-order valence-electron chi connectivity index (χ1n) is 13.2. The number of rotatable bonds is 15. The predicted molar refractivity (Wildman–Crippen MR) is 157 cm³/mol. The lowest BCUT2D eigenvalue weighted by atomic mass is 10.0. The monoisotopic (exact) mass is 561 g/mol. The van der Waals surface area contributed by atoms with Gasteiger partial charge in [-0.2, -0.15) is 0 Å². The fraction of sp³-hybridized carbons (Fsp3) is 0.250. The number of aliphatic carboxylic acids is 2. The Balaban J connectivity index is 1.34. The second kappa shape index (κ2) is 14.2. The van der Waals surface area contributed by atoms with Gasteiger partial charge in [-0.1, -0.05) is 48.0 Å². The standard InChI is InChI=1S/C32H32ClNO6/c33-26-12-16-28(17-13-26)40-20-2-1-19-39-27-14-9-23(10-15-27)8-11-24-5-3-6-29-32(24)25(21-31(37)38)22-34(29)18-4-7-30(35)36/h3,5-6,8-17,22H,1-2,4,7,18-21H2,(H,35,36)(H,37,38). The number of carboxylic acids is 2. The Morgan fingerprint density at radius 2 is 1.45 bits per heavy atom. The molecule has 0 fully saturated rings. The van der Waals surface area contributed by atoms with Gasteiger partial charge in [0.05, 0.1) is 19.6 Å². The molecule has 4 aromatic rings. The van der Waals surface area contributed by atoms with Gasteiger partial charge in [0, 0.05) is 35.1 Å². The van der Waals surface area contributed by atoms with Gasteiger partial charge in [-0.15, -0.1) is 0 Å². The SMILES string of the molecule is O=C(O)CCCn1cc(CC(=O)O)c2c(C=Cc3ccc(OCCCCOc4ccc(Cl)cc4)cc3)cccc21. The average Bonchev–Trinajstić information content (AvgIpc) is 3.28. The third-order valence-electron chi connectivity index (χ3n) is 6.37. The second-order valence-corrected chi connectivity index (χ2v) is 9.85. The molecule has 0 saturated carbocycles. The number of carbonyl (C=O) groups is 2. The van der Waals surface area contributed by atoms with E-state index < -0.39 is 11.9 Å². The topological polar surface area (TPSA) is 98.0 Å². The lowest BCUT2D eigenvalue weighted by molar-refractivity contribution is -0.137. The summed E-state index contributed by atoms with van der Waals surface area (Å²) in [6.45, 7) is 1.71. The highest BCUT2D eigenvalue weighted by atomic mass is 35.5. The van der Waals surface area contributed by atoms with Crippen LogP contribution in [0.15, 0.2) is 72.9 Å². The van der Waals surface area contributed by atoms with Gasteiger partial charge in [0.25, 0.3) is 0 Å². The molecule has 0 aliphatic rings. The van der Waals surface area contributed by atoms with Crippen molar-refractivity contribution < 1.29 is 29.3 Å². The Kier molecular flexibility index (Phi) is 10.2. The molecule has 0 amide bonds. The minimum absolute atomic E-state index is 0.0615. The molecule has 0 bridgehead atoms. The molecule has 0 atom stereocenters. The largest absolute Gasteiger partial charge is 0.494 e. The molecule has 0 unspecified atom stereocenters. The van der Waals surface area contributed by atoms with Gasteiger partial charge in [-0.05, 0) is 78.4 Å². The molecule has 0 aliphatic heterocycles. The number of halogens is 1. The summed E-state index contributed by atoms with van der Waals surface area (Å²) in [6, 6.07) is 21.0. The number of hydrogen-bond acceptors (Lipinski definition) is 4. The summed E-state index contributed by atoms with van der Waals surface area (Å²) in [6.07, 6.45) is 7.96. The summed E-state index contributed by atoms with van der Waals surface area (Å²) in [4.78, 5) is 22.4. The van der Waals surface area contributed by atoms with E-state index in [1.165, 1.54) is 0 Å². The molecule has 1 heterocycles. The van der Waals surface area contributed by atoms with Crippen LogP contribution in [-0.4, -0.2) is 39.9 Å². The number of carboxylic acid groups (broad SMARTS) is 2. The number of hydrogen-bond donors (Lipinski definition) is 2. The van der Waals surface area contributed by atoms with Crippen LogP contribution in [0.3, 0.4) is 0 Å². The van der Waals surface area contributed by atoms with Crippen LogP contribution in [0.25, 0.3) is 23.1 Å². The maximum absolute atomic E-state index is 11.5. The summed E-state index contributed by atoms with van der Waals surface area (Å²) in [7, 11) is 0. The molecule has 208 valence electrons. The molecule has 0 radical (unpaired) electrons. The van der Waals surface area contributed by atoms with Gasteiger partial charge in [0.15, 0.2) is 0 Å². The first-order chi connectivity index (χ1) is 19.4. The van der Waals surface area contributed by atoms with Crippen LogP contribution in [0.5, 0.6) is 11.5 Å². The van der Waals surface area contributed by atoms with E-state index in [1.54, 1.807) is 12.1 Å². The van der Waals surface area contributed by atoms with Crippen molar-refractivity contribution in [3.63, 3.8) is 0 Å². The molecule has 7 nitrogen and oxygen atoms in total.